The van der Waals surface area contributed by atoms with E-state index in [1.165, 1.54) is 22.9 Å². The molecular weight excluding hydrogens is 380 g/mol. The molecule has 2 atom stereocenters. The number of H-pyrrole nitrogens is 1. The first-order chi connectivity index (χ1) is 14.1. The molecule has 0 radical (unpaired) electrons. The summed E-state index contributed by atoms with van der Waals surface area (Å²) in [5.74, 6) is 2.15. The zero-order chi connectivity index (χ0) is 20.0. The van der Waals surface area contributed by atoms with Gasteiger partial charge in [-0.3, -0.25) is 9.36 Å². The van der Waals surface area contributed by atoms with Crippen molar-refractivity contribution in [2.75, 3.05) is 25.4 Å². The summed E-state index contributed by atoms with van der Waals surface area (Å²) in [6.45, 7) is 8.26. The predicted molar refractivity (Wildman–Crippen MR) is 119 cm³/mol. The number of benzene rings is 1. The minimum Gasteiger partial charge on any atom is -0.361 e. The Morgan fingerprint density at radius 1 is 1.28 bits per heavy atom. The Morgan fingerprint density at radius 2 is 2.14 bits per heavy atom. The summed E-state index contributed by atoms with van der Waals surface area (Å²) in [4.78, 5) is 23.5. The van der Waals surface area contributed by atoms with Crippen molar-refractivity contribution in [2.24, 2.45) is 5.92 Å². The third-order valence-electron chi connectivity index (χ3n) is 6.67. The van der Waals surface area contributed by atoms with E-state index in [-0.39, 0.29) is 5.56 Å². The lowest BCUT2D eigenvalue weighted by atomic mass is 9.81. The van der Waals surface area contributed by atoms with Crippen LogP contribution in [0.1, 0.15) is 36.1 Å². The molecule has 0 unspecified atom stereocenters. The van der Waals surface area contributed by atoms with E-state index < -0.39 is 0 Å². The van der Waals surface area contributed by atoms with E-state index in [0.29, 0.717) is 11.8 Å². The summed E-state index contributed by atoms with van der Waals surface area (Å²) in [5.41, 5.74) is 4.69. The summed E-state index contributed by atoms with van der Waals surface area (Å²) in [7, 11) is 0. The van der Waals surface area contributed by atoms with Gasteiger partial charge in [0.2, 0.25) is 0 Å². The molecule has 0 saturated carbocycles. The van der Waals surface area contributed by atoms with Crippen LogP contribution < -0.4 is 5.56 Å². The molecule has 1 fully saturated rings. The molecule has 5 nitrogen and oxygen atoms in total. The van der Waals surface area contributed by atoms with E-state index in [9.17, 15) is 4.79 Å². The van der Waals surface area contributed by atoms with Crippen LogP contribution in [0.5, 0.6) is 0 Å². The number of aromatic amines is 1. The van der Waals surface area contributed by atoms with Crippen LogP contribution in [0.2, 0.25) is 0 Å². The van der Waals surface area contributed by atoms with Crippen LogP contribution in [0.15, 0.2) is 40.4 Å². The van der Waals surface area contributed by atoms with Crippen molar-refractivity contribution in [3.05, 3.63) is 57.6 Å². The molecule has 0 spiro atoms. The Labute approximate surface area is 175 Å². The first-order valence-electron chi connectivity index (χ1n) is 10.6. The lowest BCUT2D eigenvalue weighted by Crippen LogP contribution is -2.40. The van der Waals surface area contributed by atoms with Gasteiger partial charge in [-0.05, 0) is 49.8 Å². The molecule has 29 heavy (non-hydrogen) atoms. The van der Waals surface area contributed by atoms with Crippen molar-refractivity contribution < 1.29 is 0 Å². The van der Waals surface area contributed by atoms with Crippen LogP contribution in [0, 0.1) is 12.8 Å². The second kappa shape index (κ2) is 7.65. The highest BCUT2D eigenvalue weighted by Crippen LogP contribution is 2.36. The molecule has 2 aromatic heterocycles. The summed E-state index contributed by atoms with van der Waals surface area (Å²) in [5, 5.41) is 2.26. The minimum absolute atomic E-state index is 0.180. The molecule has 2 aliphatic rings. The first-order valence-corrected chi connectivity index (χ1v) is 11.6. The Hall–Kier alpha value is -2.05. The average Bonchev–Trinajstić information content (AvgIpc) is 3.35. The van der Waals surface area contributed by atoms with Crippen LogP contribution >= 0.6 is 11.8 Å². The fourth-order valence-electron chi connectivity index (χ4n) is 5.07. The van der Waals surface area contributed by atoms with Gasteiger partial charge in [0.15, 0.2) is 5.16 Å². The number of rotatable bonds is 4. The lowest BCUT2D eigenvalue weighted by molar-refractivity contribution is 0.165. The van der Waals surface area contributed by atoms with Crippen LogP contribution in [0.3, 0.4) is 0 Å². The Kier molecular flexibility index (Phi) is 5.00. The van der Waals surface area contributed by atoms with Gasteiger partial charge in [0.1, 0.15) is 0 Å². The van der Waals surface area contributed by atoms with Crippen LogP contribution in [0.4, 0.5) is 0 Å². The fraction of sp³-hybridized carbons (Fsp3) is 0.478. The van der Waals surface area contributed by atoms with Gasteiger partial charge in [-0.2, -0.15) is 0 Å². The first kappa shape index (κ1) is 18.9. The predicted octanol–water partition coefficient (Wildman–Crippen LogP) is 3.81. The zero-order valence-corrected chi connectivity index (χ0v) is 18.0. The normalized spacial score (nSPS) is 22.3. The number of nitrogens with zero attached hydrogens (tertiary/aromatic N) is 3. The third kappa shape index (κ3) is 3.42. The molecule has 0 bridgehead atoms. The third-order valence-corrected chi connectivity index (χ3v) is 7.63. The number of hydrogen-bond donors (Lipinski definition) is 1. The standard InChI is InChI=1S/C23H28N4OS/c1-15-14-26(9-7-17(15)20-13-24-21-6-4-3-5-19(20)21)10-8-18-16(2)25-23-27(22(18)28)11-12-29-23/h3-6,13,15,17,24H,7-12,14H2,1-2H3/t15-,17+/m0/s1. The average molecular weight is 409 g/mol. The van der Waals surface area contributed by atoms with Crippen LogP contribution in [-0.4, -0.2) is 44.8 Å². The number of aryl methyl sites for hydroxylation is 1. The smallest absolute Gasteiger partial charge is 0.257 e. The summed E-state index contributed by atoms with van der Waals surface area (Å²) < 4.78 is 1.86. The number of aromatic nitrogens is 3. The van der Waals surface area contributed by atoms with Crippen LogP contribution in [0.25, 0.3) is 10.9 Å². The highest BCUT2D eigenvalue weighted by Gasteiger charge is 2.29. The number of nitrogens with one attached hydrogen (secondary N) is 1. The largest absolute Gasteiger partial charge is 0.361 e. The van der Waals surface area contributed by atoms with E-state index >= 15 is 0 Å². The summed E-state index contributed by atoms with van der Waals surface area (Å²) in [6, 6.07) is 8.60. The molecule has 1 saturated heterocycles. The van der Waals surface area contributed by atoms with Crippen LogP contribution in [-0.2, 0) is 13.0 Å². The number of likely N-dealkylation sites (tertiary alicyclic amines) is 1. The Bertz CT molecular complexity index is 1100. The van der Waals surface area contributed by atoms with E-state index in [4.69, 9.17) is 0 Å². The maximum atomic E-state index is 12.8. The van der Waals surface area contributed by atoms with Gasteiger partial charge in [-0.1, -0.05) is 36.9 Å². The zero-order valence-electron chi connectivity index (χ0n) is 17.1. The monoisotopic (exact) mass is 408 g/mol. The minimum atomic E-state index is 0.180. The maximum Gasteiger partial charge on any atom is 0.257 e. The molecule has 2 aliphatic heterocycles. The van der Waals surface area contributed by atoms with Gasteiger partial charge in [0.05, 0.1) is 0 Å². The number of piperidine rings is 1. The number of hydrogen-bond acceptors (Lipinski definition) is 4. The van der Waals surface area contributed by atoms with E-state index in [2.05, 4.69) is 52.3 Å². The number of para-hydroxylation sites is 1. The summed E-state index contributed by atoms with van der Waals surface area (Å²) in [6.07, 6.45) is 4.17. The highest BCUT2D eigenvalue weighted by atomic mass is 32.2. The second-order valence-electron chi connectivity index (χ2n) is 8.48. The Balaban J connectivity index is 1.27. The van der Waals surface area contributed by atoms with Gasteiger partial charge in [0, 0.05) is 53.7 Å². The number of thioether (sulfide) groups is 1. The second-order valence-corrected chi connectivity index (χ2v) is 9.54. The van der Waals surface area contributed by atoms with Crippen molar-refractivity contribution in [3.63, 3.8) is 0 Å². The van der Waals surface area contributed by atoms with Crippen molar-refractivity contribution in [1.29, 1.82) is 0 Å². The molecule has 6 heteroatoms. The molecule has 1 aromatic carbocycles. The van der Waals surface area contributed by atoms with Gasteiger partial charge >= 0.3 is 0 Å². The van der Waals surface area contributed by atoms with Crippen molar-refractivity contribution in [3.8, 4) is 0 Å². The maximum absolute atomic E-state index is 12.8. The topological polar surface area (TPSA) is 53.9 Å². The number of fused-ring (bicyclic) bond motifs is 2. The van der Waals surface area contributed by atoms with Gasteiger partial charge < -0.3 is 9.88 Å². The molecule has 152 valence electrons. The van der Waals surface area contributed by atoms with Crippen molar-refractivity contribution in [1.82, 2.24) is 19.4 Å². The van der Waals surface area contributed by atoms with Crippen molar-refractivity contribution in [2.45, 2.75) is 44.3 Å². The lowest BCUT2D eigenvalue weighted by Gasteiger charge is -2.37. The molecule has 3 aromatic rings. The molecule has 0 aliphatic carbocycles. The molecule has 4 heterocycles. The molecule has 1 N–H and O–H groups in total. The van der Waals surface area contributed by atoms with Gasteiger partial charge in [0.25, 0.3) is 5.56 Å². The van der Waals surface area contributed by atoms with E-state index in [0.717, 1.165) is 54.8 Å². The highest BCUT2D eigenvalue weighted by molar-refractivity contribution is 7.99. The van der Waals surface area contributed by atoms with E-state index in [1.807, 2.05) is 11.5 Å². The quantitative estimate of drug-likeness (QED) is 0.667. The molecule has 0 amide bonds. The van der Waals surface area contributed by atoms with Gasteiger partial charge in [-0.25, -0.2) is 4.98 Å². The fourth-order valence-corrected chi connectivity index (χ4v) is 6.05. The molecular formula is C23H28N4OS. The van der Waals surface area contributed by atoms with Crippen molar-refractivity contribution >= 4 is 22.7 Å². The van der Waals surface area contributed by atoms with E-state index in [1.54, 1.807) is 11.8 Å². The SMILES string of the molecule is Cc1nc2n(c(=O)c1CCN1CC[C@@H](c3c[nH]c4ccccc34)[C@@H](C)C1)CCS2. The Morgan fingerprint density at radius 3 is 3.00 bits per heavy atom. The molecule has 5 rings (SSSR count). The summed E-state index contributed by atoms with van der Waals surface area (Å²) >= 11 is 1.69. The van der Waals surface area contributed by atoms with Gasteiger partial charge in [-0.15, -0.1) is 0 Å².